The largest absolute Gasteiger partial charge is 0.389 e. The minimum atomic E-state index is 0.910. The van der Waals surface area contributed by atoms with Gasteiger partial charge in [0, 0.05) is 24.6 Å². The predicted molar refractivity (Wildman–Crippen MR) is 50.5 cm³/mol. The third-order valence-corrected chi connectivity index (χ3v) is 1.62. The molecular formula is C9H15N3. The first-order valence-electron chi connectivity index (χ1n) is 4.30. The van der Waals surface area contributed by atoms with Crippen molar-refractivity contribution in [1.29, 1.82) is 0 Å². The van der Waals surface area contributed by atoms with Gasteiger partial charge in [-0.3, -0.25) is 0 Å². The molecule has 66 valence electrons. The van der Waals surface area contributed by atoms with E-state index in [1.807, 2.05) is 12.3 Å². The summed E-state index contributed by atoms with van der Waals surface area (Å²) in [4.78, 5) is 7.15. The van der Waals surface area contributed by atoms with Gasteiger partial charge in [0.25, 0.3) is 0 Å². The number of rotatable bonds is 4. The normalized spacial score (nSPS) is 11.7. The average molecular weight is 165 g/mol. The van der Waals surface area contributed by atoms with E-state index in [9.17, 15) is 0 Å². The van der Waals surface area contributed by atoms with E-state index < -0.39 is 0 Å². The second-order valence-electron chi connectivity index (χ2n) is 2.53. The molecule has 0 aromatic carbocycles. The molecule has 12 heavy (non-hydrogen) atoms. The Bertz CT molecular complexity index is 236. The molecular weight excluding hydrogens is 150 g/mol. The van der Waals surface area contributed by atoms with Crippen LogP contribution in [-0.2, 0) is 0 Å². The first-order valence-corrected chi connectivity index (χ1v) is 4.30. The lowest BCUT2D eigenvalue weighted by Crippen LogP contribution is -2.11. The van der Waals surface area contributed by atoms with Crippen LogP contribution in [0.25, 0.3) is 6.08 Å². The number of aromatic amines is 1. The third-order valence-electron chi connectivity index (χ3n) is 1.62. The number of nitrogens with one attached hydrogen (secondary N) is 2. The predicted octanol–water partition coefficient (Wildman–Crippen LogP) is 1.77. The number of nitrogens with zero attached hydrogens (tertiary/aromatic N) is 1. The maximum Gasteiger partial charge on any atom is 0.131 e. The lowest BCUT2D eigenvalue weighted by atomic mass is 10.3. The van der Waals surface area contributed by atoms with E-state index in [0.29, 0.717) is 0 Å². The zero-order valence-corrected chi connectivity index (χ0v) is 7.59. The molecule has 0 aliphatic heterocycles. The number of allylic oxidation sites excluding steroid dienone is 1. The number of imidazole rings is 1. The molecule has 0 amide bonds. The van der Waals surface area contributed by atoms with Gasteiger partial charge >= 0.3 is 0 Å². The van der Waals surface area contributed by atoms with Crippen molar-refractivity contribution in [3.63, 3.8) is 0 Å². The van der Waals surface area contributed by atoms with Gasteiger partial charge in [-0.2, -0.15) is 0 Å². The molecule has 0 atom stereocenters. The Morgan fingerprint density at radius 3 is 3.00 bits per heavy atom. The molecule has 0 saturated carbocycles. The minimum absolute atomic E-state index is 0.910. The van der Waals surface area contributed by atoms with Crippen LogP contribution in [0.1, 0.15) is 26.1 Å². The van der Waals surface area contributed by atoms with Gasteiger partial charge in [0.15, 0.2) is 0 Å². The molecule has 1 rings (SSSR count). The van der Waals surface area contributed by atoms with Gasteiger partial charge in [-0.05, 0) is 19.4 Å². The SMILES string of the molecule is CCN/C(=C/c1ncc[nH]1)CC. The Kier molecular flexibility index (Phi) is 3.38. The minimum Gasteiger partial charge on any atom is -0.389 e. The maximum atomic E-state index is 4.11. The molecule has 3 heteroatoms. The van der Waals surface area contributed by atoms with Crippen LogP contribution >= 0.6 is 0 Å². The molecule has 2 N–H and O–H groups in total. The molecule has 0 spiro atoms. The highest BCUT2D eigenvalue weighted by Crippen LogP contribution is 2.01. The third kappa shape index (κ3) is 2.42. The summed E-state index contributed by atoms with van der Waals surface area (Å²) in [5.41, 5.74) is 1.22. The fraction of sp³-hybridized carbons (Fsp3) is 0.444. The zero-order chi connectivity index (χ0) is 8.81. The summed E-state index contributed by atoms with van der Waals surface area (Å²) in [5, 5.41) is 3.27. The van der Waals surface area contributed by atoms with Gasteiger partial charge in [-0.1, -0.05) is 6.92 Å². The van der Waals surface area contributed by atoms with Gasteiger partial charge in [0.1, 0.15) is 5.82 Å². The summed E-state index contributed by atoms with van der Waals surface area (Å²) in [6, 6.07) is 0. The first kappa shape index (κ1) is 8.84. The quantitative estimate of drug-likeness (QED) is 0.713. The molecule has 3 nitrogen and oxygen atoms in total. The Morgan fingerprint density at radius 2 is 2.50 bits per heavy atom. The number of hydrogen-bond donors (Lipinski definition) is 2. The Labute approximate surface area is 72.9 Å². The topological polar surface area (TPSA) is 40.7 Å². The van der Waals surface area contributed by atoms with Crippen LogP contribution in [0.4, 0.5) is 0 Å². The van der Waals surface area contributed by atoms with Crippen molar-refractivity contribution in [2.45, 2.75) is 20.3 Å². The van der Waals surface area contributed by atoms with Gasteiger partial charge in [-0.15, -0.1) is 0 Å². The van der Waals surface area contributed by atoms with Crippen LogP contribution in [0, 0.1) is 0 Å². The number of aromatic nitrogens is 2. The van der Waals surface area contributed by atoms with Crippen LogP contribution in [-0.4, -0.2) is 16.5 Å². The summed E-state index contributed by atoms with van der Waals surface area (Å²) >= 11 is 0. The Balaban J connectivity index is 2.64. The van der Waals surface area contributed by atoms with E-state index in [1.165, 1.54) is 5.70 Å². The molecule has 0 aliphatic carbocycles. The van der Waals surface area contributed by atoms with Crippen LogP contribution in [0.15, 0.2) is 18.1 Å². The molecule has 0 aliphatic rings. The fourth-order valence-corrected chi connectivity index (χ4v) is 1.03. The van der Waals surface area contributed by atoms with E-state index in [0.717, 1.165) is 18.8 Å². The van der Waals surface area contributed by atoms with Crippen molar-refractivity contribution in [3.8, 4) is 0 Å². The van der Waals surface area contributed by atoms with E-state index in [4.69, 9.17) is 0 Å². The van der Waals surface area contributed by atoms with E-state index in [1.54, 1.807) is 6.20 Å². The molecule has 1 aromatic rings. The van der Waals surface area contributed by atoms with Crippen molar-refractivity contribution in [1.82, 2.24) is 15.3 Å². The van der Waals surface area contributed by atoms with Gasteiger partial charge < -0.3 is 10.3 Å². The lowest BCUT2D eigenvalue weighted by molar-refractivity contribution is 0.813. The van der Waals surface area contributed by atoms with Crippen molar-refractivity contribution < 1.29 is 0 Å². The van der Waals surface area contributed by atoms with E-state index in [-0.39, 0.29) is 0 Å². The second kappa shape index (κ2) is 4.59. The molecule has 0 saturated heterocycles. The van der Waals surface area contributed by atoms with Gasteiger partial charge in [0.05, 0.1) is 0 Å². The number of H-pyrrole nitrogens is 1. The smallest absolute Gasteiger partial charge is 0.131 e. The van der Waals surface area contributed by atoms with Gasteiger partial charge in [0.2, 0.25) is 0 Å². The number of hydrogen-bond acceptors (Lipinski definition) is 2. The highest BCUT2D eigenvalue weighted by atomic mass is 14.9. The lowest BCUT2D eigenvalue weighted by Gasteiger charge is -2.04. The van der Waals surface area contributed by atoms with E-state index in [2.05, 4.69) is 29.1 Å². The molecule has 1 heterocycles. The van der Waals surface area contributed by atoms with Crippen molar-refractivity contribution in [2.24, 2.45) is 0 Å². The summed E-state index contributed by atoms with van der Waals surface area (Å²) in [6.07, 6.45) is 6.62. The van der Waals surface area contributed by atoms with Crippen molar-refractivity contribution in [3.05, 3.63) is 23.9 Å². The molecule has 1 aromatic heterocycles. The first-order chi connectivity index (χ1) is 5.86. The summed E-state index contributed by atoms with van der Waals surface area (Å²) in [6.45, 7) is 5.17. The second-order valence-corrected chi connectivity index (χ2v) is 2.53. The maximum absolute atomic E-state index is 4.11. The molecule has 0 fully saturated rings. The summed E-state index contributed by atoms with van der Waals surface area (Å²) in [7, 11) is 0. The van der Waals surface area contributed by atoms with Crippen LogP contribution in [0.3, 0.4) is 0 Å². The highest BCUT2D eigenvalue weighted by molar-refractivity contribution is 5.43. The molecule has 0 radical (unpaired) electrons. The molecule has 0 bridgehead atoms. The van der Waals surface area contributed by atoms with Crippen LogP contribution in [0.5, 0.6) is 0 Å². The molecule has 0 unspecified atom stereocenters. The van der Waals surface area contributed by atoms with Crippen molar-refractivity contribution >= 4 is 6.08 Å². The van der Waals surface area contributed by atoms with Crippen molar-refractivity contribution in [2.75, 3.05) is 6.54 Å². The Hall–Kier alpha value is -1.25. The Morgan fingerprint density at radius 1 is 1.67 bits per heavy atom. The summed E-state index contributed by atoms with van der Waals surface area (Å²) in [5.74, 6) is 0.910. The highest BCUT2D eigenvalue weighted by Gasteiger charge is 1.93. The van der Waals surface area contributed by atoms with Gasteiger partial charge in [-0.25, -0.2) is 4.98 Å². The van der Waals surface area contributed by atoms with E-state index >= 15 is 0 Å². The standard InChI is InChI=1S/C9H15N3/c1-3-8(10-4-2)7-9-11-5-6-12-9/h5-7,10H,3-4H2,1-2H3,(H,11,12)/b8-7+. The zero-order valence-electron chi connectivity index (χ0n) is 7.59. The monoisotopic (exact) mass is 165 g/mol. The van der Waals surface area contributed by atoms with Crippen LogP contribution in [0.2, 0.25) is 0 Å². The average Bonchev–Trinajstić information content (AvgIpc) is 2.56. The van der Waals surface area contributed by atoms with Crippen LogP contribution < -0.4 is 5.32 Å². The summed E-state index contributed by atoms with van der Waals surface area (Å²) < 4.78 is 0. The fourth-order valence-electron chi connectivity index (χ4n) is 1.03.